The molecule has 1 amide bonds. The summed E-state index contributed by atoms with van der Waals surface area (Å²) in [6, 6.07) is 5.04. The van der Waals surface area contributed by atoms with E-state index >= 15 is 0 Å². The summed E-state index contributed by atoms with van der Waals surface area (Å²) in [5.41, 5.74) is 0.354. The number of halogens is 1. The van der Waals surface area contributed by atoms with E-state index in [1.807, 2.05) is 4.90 Å². The van der Waals surface area contributed by atoms with Gasteiger partial charge < -0.3 is 14.4 Å². The molecule has 2 atom stereocenters. The number of carbonyl (C=O) groups excluding carboxylic acids is 2. The maximum Gasteiger partial charge on any atom is 0.337 e. The van der Waals surface area contributed by atoms with Crippen LogP contribution in [0.5, 0.6) is 5.75 Å². The lowest BCUT2D eigenvalue weighted by Gasteiger charge is -2.44. The van der Waals surface area contributed by atoms with Crippen LogP contribution in [0.4, 0.5) is 0 Å². The van der Waals surface area contributed by atoms with Gasteiger partial charge in [0.15, 0.2) is 6.61 Å². The minimum absolute atomic E-state index is 0.0183. The van der Waals surface area contributed by atoms with Gasteiger partial charge in [0.25, 0.3) is 5.91 Å². The van der Waals surface area contributed by atoms with Crippen molar-refractivity contribution in [2.75, 3.05) is 20.3 Å². The molecule has 0 spiro atoms. The average molecular weight is 366 g/mol. The summed E-state index contributed by atoms with van der Waals surface area (Å²) in [4.78, 5) is 26.1. The highest BCUT2D eigenvalue weighted by Gasteiger charge is 2.35. The zero-order chi connectivity index (χ0) is 17.8. The van der Waals surface area contributed by atoms with Gasteiger partial charge in [0.2, 0.25) is 0 Å². The fourth-order valence-electron chi connectivity index (χ4n) is 4.02. The second-order valence-corrected chi connectivity index (χ2v) is 7.17. The van der Waals surface area contributed by atoms with Crippen LogP contribution < -0.4 is 4.74 Å². The topological polar surface area (TPSA) is 55.8 Å². The average Bonchev–Trinajstić information content (AvgIpc) is 2.65. The van der Waals surface area contributed by atoms with Crippen molar-refractivity contribution in [2.45, 2.75) is 44.6 Å². The van der Waals surface area contributed by atoms with Crippen LogP contribution in [0.25, 0.3) is 0 Å². The normalized spacial score (nSPS) is 22.9. The summed E-state index contributed by atoms with van der Waals surface area (Å²) in [7, 11) is 1.32. The first-order chi connectivity index (χ1) is 12.1. The lowest BCUT2D eigenvalue weighted by atomic mass is 9.78. The SMILES string of the molecule is COC(=O)c1ccc(OCC(=O)N2CCCC3CCCCC32)c(Cl)c1. The number of methoxy groups -OCH3 is 1. The molecular weight excluding hydrogens is 342 g/mol. The van der Waals surface area contributed by atoms with Crippen LogP contribution in [0, 0.1) is 5.92 Å². The van der Waals surface area contributed by atoms with Crippen molar-refractivity contribution in [3.8, 4) is 5.75 Å². The Hall–Kier alpha value is -1.75. The van der Waals surface area contributed by atoms with E-state index < -0.39 is 5.97 Å². The number of esters is 1. The molecule has 0 N–H and O–H groups in total. The second-order valence-electron chi connectivity index (χ2n) is 6.77. The molecule has 1 aliphatic carbocycles. The summed E-state index contributed by atoms with van der Waals surface area (Å²) in [5, 5.41) is 0.296. The number of amides is 1. The molecule has 0 bridgehead atoms. The molecule has 1 saturated heterocycles. The number of carbonyl (C=O) groups is 2. The van der Waals surface area contributed by atoms with Gasteiger partial charge in [-0.15, -0.1) is 0 Å². The molecular formula is C19H24ClNO4. The van der Waals surface area contributed by atoms with E-state index in [0.717, 1.165) is 19.4 Å². The molecule has 1 aromatic rings. The molecule has 1 aliphatic heterocycles. The number of rotatable bonds is 4. The predicted octanol–water partition coefficient (Wildman–Crippen LogP) is 3.69. The third-order valence-electron chi connectivity index (χ3n) is 5.27. The number of ether oxygens (including phenoxy) is 2. The molecule has 2 aliphatic rings. The fourth-order valence-corrected chi connectivity index (χ4v) is 4.25. The first kappa shape index (κ1) is 18.1. The summed E-state index contributed by atoms with van der Waals surface area (Å²) >= 11 is 6.15. The van der Waals surface area contributed by atoms with E-state index in [4.69, 9.17) is 16.3 Å². The van der Waals surface area contributed by atoms with Crippen LogP contribution in [0.15, 0.2) is 18.2 Å². The molecule has 3 rings (SSSR count). The lowest BCUT2D eigenvalue weighted by Crippen LogP contribution is -2.51. The van der Waals surface area contributed by atoms with E-state index in [1.165, 1.54) is 38.9 Å². The molecule has 0 aromatic heterocycles. The summed E-state index contributed by atoms with van der Waals surface area (Å²) in [6.45, 7) is 0.791. The van der Waals surface area contributed by atoms with Crippen LogP contribution in [-0.2, 0) is 9.53 Å². The Morgan fingerprint density at radius 2 is 1.96 bits per heavy atom. The second kappa shape index (κ2) is 8.09. The van der Waals surface area contributed by atoms with Crippen LogP contribution in [-0.4, -0.2) is 43.1 Å². The third kappa shape index (κ3) is 4.09. The van der Waals surface area contributed by atoms with Crippen LogP contribution in [0.2, 0.25) is 5.02 Å². The highest BCUT2D eigenvalue weighted by molar-refractivity contribution is 6.32. The van der Waals surface area contributed by atoms with Gasteiger partial charge in [-0.05, 0) is 49.8 Å². The maximum atomic E-state index is 12.6. The minimum atomic E-state index is -0.457. The Morgan fingerprint density at radius 1 is 1.20 bits per heavy atom. The van der Waals surface area contributed by atoms with Gasteiger partial charge in [-0.3, -0.25) is 4.79 Å². The van der Waals surface area contributed by atoms with E-state index in [0.29, 0.717) is 28.3 Å². The molecule has 1 heterocycles. The highest BCUT2D eigenvalue weighted by atomic mass is 35.5. The smallest absolute Gasteiger partial charge is 0.337 e. The summed E-state index contributed by atoms with van der Waals surface area (Å²) in [5.74, 6) is 0.611. The van der Waals surface area contributed by atoms with Crippen LogP contribution in [0.1, 0.15) is 48.9 Å². The zero-order valence-corrected chi connectivity index (χ0v) is 15.3. The van der Waals surface area contributed by atoms with E-state index in [1.54, 1.807) is 12.1 Å². The zero-order valence-electron chi connectivity index (χ0n) is 14.5. The molecule has 2 fully saturated rings. The van der Waals surface area contributed by atoms with E-state index in [-0.39, 0.29) is 12.5 Å². The van der Waals surface area contributed by atoms with Gasteiger partial charge in [0, 0.05) is 12.6 Å². The number of hydrogen-bond donors (Lipinski definition) is 0. The van der Waals surface area contributed by atoms with Gasteiger partial charge in [0.05, 0.1) is 17.7 Å². The maximum absolute atomic E-state index is 12.6. The number of likely N-dealkylation sites (tertiary alicyclic amines) is 1. The molecule has 25 heavy (non-hydrogen) atoms. The largest absolute Gasteiger partial charge is 0.482 e. The van der Waals surface area contributed by atoms with Crippen molar-refractivity contribution < 1.29 is 19.1 Å². The molecule has 1 aromatic carbocycles. The lowest BCUT2D eigenvalue weighted by molar-refractivity contribution is -0.139. The van der Waals surface area contributed by atoms with E-state index in [2.05, 4.69) is 4.74 Å². The monoisotopic (exact) mass is 365 g/mol. The van der Waals surface area contributed by atoms with Crippen molar-refractivity contribution in [1.82, 2.24) is 4.90 Å². The standard InChI is InChI=1S/C19H24ClNO4/c1-24-19(23)14-8-9-17(15(20)11-14)25-12-18(22)21-10-4-6-13-5-2-3-7-16(13)21/h8-9,11,13,16H,2-7,10,12H2,1H3. The molecule has 136 valence electrons. The first-order valence-electron chi connectivity index (χ1n) is 8.90. The Bertz CT molecular complexity index is 646. The minimum Gasteiger partial charge on any atom is -0.482 e. The molecule has 1 saturated carbocycles. The van der Waals surface area contributed by atoms with Crippen LogP contribution in [0.3, 0.4) is 0 Å². The molecule has 5 nitrogen and oxygen atoms in total. The third-order valence-corrected chi connectivity index (χ3v) is 5.56. The van der Waals surface area contributed by atoms with Crippen molar-refractivity contribution in [3.63, 3.8) is 0 Å². The van der Waals surface area contributed by atoms with Gasteiger partial charge in [-0.1, -0.05) is 24.4 Å². The first-order valence-corrected chi connectivity index (χ1v) is 9.28. The number of hydrogen-bond acceptors (Lipinski definition) is 4. The molecule has 6 heteroatoms. The van der Waals surface area contributed by atoms with Gasteiger partial charge in [-0.2, -0.15) is 0 Å². The predicted molar refractivity (Wildman–Crippen MR) is 95.0 cm³/mol. The fraction of sp³-hybridized carbons (Fsp3) is 0.579. The number of fused-ring (bicyclic) bond motifs is 1. The van der Waals surface area contributed by atoms with Gasteiger partial charge in [0.1, 0.15) is 5.75 Å². The highest BCUT2D eigenvalue weighted by Crippen LogP contribution is 2.35. The van der Waals surface area contributed by atoms with Gasteiger partial charge >= 0.3 is 5.97 Å². The summed E-state index contributed by atoms with van der Waals surface area (Å²) < 4.78 is 10.3. The van der Waals surface area contributed by atoms with Crippen molar-refractivity contribution >= 4 is 23.5 Å². The van der Waals surface area contributed by atoms with Crippen molar-refractivity contribution in [3.05, 3.63) is 28.8 Å². The Morgan fingerprint density at radius 3 is 2.72 bits per heavy atom. The molecule has 0 radical (unpaired) electrons. The Kier molecular flexibility index (Phi) is 5.84. The Balaban J connectivity index is 1.61. The van der Waals surface area contributed by atoms with Crippen LogP contribution >= 0.6 is 11.6 Å². The number of benzene rings is 1. The van der Waals surface area contributed by atoms with Gasteiger partial charge in [-0.25, -0.2) is 4.79 Å². The summed E-state index contributed by atoms with van der Waals surface area (Å²) in [6.07, 6.45) is 7.12. The number of nitrogens with zero attached hydrogens (tertiary/aromatic N) is 1. The Labute approximate surface area is 153 Å². The number of piperidine rings is 1. The van der Waals surface area contributed by atoms with Crippen molar-refractivity contribution in [2.24, 2.45) is 5.92 Å². The van der Waals surface area contributed by atoms with E-state index in [9.17, 15) is 9.59 Å². The molecule has 2 unspecified atom stereocenters. The quantitative estimate of drug-likeness (QED) is 0.763. The van der Waals surface area contributed by atoms with Crippen molar-refractivity contribution in [1.29, 1.82) is 0 Å².